The number of hydrogen-bond donors (Lipinski definition) is 0. The molecule has 17 heavy (non-hydrogen) atoms. The van der Waals surface area contributed by atoms with E-state index in [9.17, 15) is 8.78 Å². The summed E-state index contributed by atoms with van der Waals surface area (Å²) in [6.07, 6.45) is 1.68. The minimum atomic E-state index is -0.849. The van der Waals surface area contributed by atoms with Crippen molar-refractivity contribution in [3.05, 3.63) is 40.2 Å². The second-order valence-corrected chi connectivity index (χ2v) is 4.87. The number of hydrogen-bond acceptors (Lipinski definition) is 2. The van der Waals surface area contributed by atoms with E-state index in [1.54, 1.807) is 0 Å². The summed E-state index contributed by atoms with van der Waals surface area (Å²) in [6.45, 7) is 0. The summed E-state index contributed by atoms with van der Waals surface area (Å²) in [7, 11) is 0. The van der Waals surface area contributed by atoms with Gasteiger partial charge in [0.1, 0.15) is 0 Å². The molecular formula is C12H10ClF2NS. The monoisotopic (exact) mass is 273 g/mol. The fraction of sp³-hybridized carbons (Fsp3) is 0.250. The smallest absolute Gasteiger partial charge is 0.159 e. The Kier molecular flexibility index (Phi) is 4.07. The van der Waals surface area contributed by atoms with Gasteiger partial charge in [-0.3, -0.25) is 0 Å². The number of halogens is 3. The summed E-state index contributed by atoms with van der Waals surface area (Å²) in [4.78, 5) is 4.36. The van der Waals surface area contributed by atoms with Gasteiger partial charge in [-0.1, -0.05) is 0 Å². The van der Waals surface area contributed by atoms with Gasteiger partial charge in [-0.05, 0) is 24.6 Å². The second-order valence-electron chi connectivity index (χ2n) is 3.55. The van der Waals surface area contributed by atoms with E-state index in [0.29, 0.717) is 17.1 Å². The molecule has 0 aliphatic rings. The van der Waals surface area contributed by atoms with Crippen molar-refractivity contribution < 1.29 is 8.78 Å². The number of aryl methyl sites for hydroxylation is 1. The third-order valence-corrected chi connectivity index (χ3v) is 3.47. The molecule has 2 rings (SSSR count). The van der Waals surface area contributed by atoms with Crippen LogP contribution in [0.5, 0.6) is 0 Å². The van der Waals surface area contributed by atoms with Crippen LogP contribution in [0.2, 0.25) is 0 Å². The van der Waals surface area contributed by atoms with Crippen molar-refractivity contribution in [2.75, 3.05) is 5.88 Å². The van der Waals surface area contributed by atoms with Crippen LogP contribution in [-0.4, -0.2) is 10.9 Å². The van der Waals surface area contributed by atoms with Gasteiger partial charge in [-0.15, -0.1) is 22.9 Å². The Labute approximate surface area is 107 Å². The molecule has 0 fully saturated rings. The van der Waals surface area contributed by atoms with Gasteiger partial charge >= 0.3 is 0 Å². The lowest BCUT2D eigenvalue weighted by Crippen LogP contribution is -1.87. The molecular weight excluding hydrogens is 264 g/mol. The highest BCUT2D eigenvalue weighted by molar-refractivity contribution is 7.09. The lowest BCUT2D eigenvalue weighted by Gasteiger charge is -1.97. The predicted molar refractivity (Wildman–Crippen MR) is 66.5 cm³/mol. The van der Waals surface area contributed by atoms with E-state index in [1.807, 2.05) is 5.38 Å². The third-order valence-electron chi connectivity index (χ3n) is 2.29. The summed E-state index contributed by atoms with van der Waals surface area (Å²) in [6, 6.07) is 3.80. The Bertz CT molecular complexity index is 513. The minimum absolute atomic E-state index is 0.595. The van der Waals surface area contributed by atoms with Crippen molar-refractivity contribution >= 4 is 22.9 Å². The molecule has 0 aliphatic carbocycles. The van der Waals surface area contributed by atoms with Crippen LogP contribution in [0.3, 0.4) is 0 Å². The molecule has 0 bridgehead atoms. The molecule has 0 saturated heterocycles. The van der Waals surface area contributed by atoms with Crippen LogP contribution in [-0.2, 0) is 6.42 Å². The average Bonchev–Trinajstić information content (AvgIpc) is 2.79. The zero-order chi connectivity index (χ0) is 12.3. The Morgan fingerprint density at radius 2 is 2.06 bits per heavy atom. The van der Waals surface area contributed by atoms with E-state index in [-0.39, 0.29) is 0 Å². The second kappa shape index (κ2) is 5.56. The maximum absolute atomic E-state index is 13.1. The van der Waals surface area contributed by atoms with Crippen LogP contribution in [0.1, 0.15) is 11.4 Å². The van der Waals surface area contributed by atoms with Gasteiger partial charge in [0.25, 0.3) is 0 Å². The van der Waals surface area contributed by atoms with Gasteiger partial charge in [0.15, 0.2) is 11.6 Å². The summed E-state index contributed by atoms with van der Waals surface area (Å²) >= 11 is 7.11. The highest BCUT2D eigenvalue weighted by Gasteiger charge is 2.08. The molecule has 1 nitrogen and oxygen atoms in total. The highest BCUT2D eigenvalue weighted by atomic mass is 35.5. The zero-order valence-corrected chi connectivity index (χ0v) is 10.5. The third kappa shape index (κ3) is 3.01. The predicted octanol–water partition coefficient (Wildman–Crippen LogP) is 4.26. The number of alkyl halides is 1. The Hall–Kier alpha value is -1.00. The van der Waals surface area contributed by atoms with Crippen LogP contribution >= 0.6 is 22.9 Å². The fourth-order valence-corrected chi connectivity index (χ4v) is 2.42. The molecule has 2 aromatic rings. The first kappa shape index (κ1) is 12.5. The van der Waals surface area contributed by atoms with Gasteiger partial charge in [0.05, 0.1) is 10.7 Å². The quantitative estimate of drug-likeness (QED) is 0.759. The van der Waals surface area contributed by atoms with Gasteiger partial charge in [-0.2, -0.15) is 0 Å². The summed E-state index contributed by atoms with van der Waals surface area (Å²) in [5, 5.41) is 2.81. The standard InChI is InChI=1S/C12H10ClF2NS/c13-5-1-2-12-16-11(7-17-12)8-3-4-9(14)10(15)6-8/h3-4,6-7H,1-2,5H2. The molecule has 1 aromatic carbocycles. The van der Waals surface area contributed by atoms with E-state index >= 15 is 0 Å². The topological polar surface area (TPSA) is 12.9 Å². The molecule has 0 amide bonds. The lowest BCUT2D eigenvalue weighted by atomic mass is 10.1. The Balaban J connectivity index is 2.21. The maximum Gasteiger partial charge on any atom is 0.159 e. The van der Waals surface area contributed by atoms with Crippen LogP contribution in [0, 0.1) is 11.6 Å². The van der Waals surface area contributed by atoms with Crippen molar-refractivity contribution in [1.29, 1.82) is 0 Å². The van der Waals surface area contributed by atoms with Crippen LogP contribution in [0.25, 0.3) is 11.3 Å². The molecule has 1 heterocycles. The molecule has 0 saturated carbocycles. The number of nitrogens with zero attached hydrogens (tertiary/aromatic N) is 1. The van der Waals surface area contributed by atoms with Crippen molar-refractivity contribution in [3.8, 4) is 11.3 Å². The van der Waals surface area contributed by atoms with Gasteiger partial charge < -0.3 is 0 Å². The van der Waals surface area contributed by atoms with Crippen LogP contribution in [0.4, 0.5) is 8.78 Å². The minimum Gasteiger partial charge on any atom is -0.241 e. The number of thiazole rings is 1. The Morgan fingerprint density at radius 3 is 2.76 bits per heavy atom. The average molecular weight is 274 g/mol. The first-order chi connectivity index (χ1) is 8.20. The summed E-state index contributed by atoms with van der Waals surface area (Å²) in [5.74, 6) is -1.09. The van der Waals surface area contributed by atoms with Crippen molar-refractivity contribution in [2.45, 2.75) is 12.8 Å². The Morgan fingerprint density at radius 1 is 1.24 bits per heavy atom. The zero-order valence-electron chi connectivity index (χ0n) is 8.92. The highest BCUT2D eigenvalue weighted by Crippen LogP contribution is 2.24. The SMILES string of the molecule is Fc1ccc(-c2csc(CCCCl)n2)cc1F. The molecule has 0 radical (unpaired) electrons. The lowest BCUT2D eigenvalue weighted by molar-refractivity contribution is 0.509. The first-order valence-electron chi connectivity index (χ1n) is 5.16. The van der Waals surface area contributed by atoms with E-state index < -0.39 is 11.6 Å². The van der Waals surface area contributed by atoms with Crippen molar-refractivity contribution in [2.24, 2.45) is 0 Å². The van der Waals surface area contributed by atoms with Crippen molar-refractivity contribution in [1.82, 2.24) is 4.98 Å². The van der Waals surface area contributed by atoms with Gasteiger partial charge in [0, 0.05) is 23.2 Å². The summed E-state index contributed by atoms with van der Waals surface area (Å²) in [5.41, 5.74) is 1.27. The molecule has 5 heteroatoms. The first-order valence-corrected chi connectivity index (χ1v) is 6.58. The molecule has 1 aromatic heterocycles. The molecule has 0 unspecified atom stereocenters. The van der Waals surface area contributed by atoms with Gasteiger partial charge in [0.2, 0.25) is 0 Å². The number of aromatic nitrogens is 1. The fourth-order valence-electron chi connectivity index (χ4n) is 1.43. The van der Waals surface area contributed by atoms with E-state index in [2.05, 4.69) is 4.98 Å². The molecule has 0 aliphatic heterocycles. The summed E-state index contributed by atoms with van der Waals surface area (Å²) < 4.78 is 25.8. The maximum atomic E-state index is 13.1. The molecule has 0 N–H and O–H groups in total. The van der Waals surface area contributed by atoms with E-state index in [4.69, 9.17) is 11.6 Å². The van der Waals surface area contributed by atoms with Gasteiger partial charge in [-0.25, -0.2) is 13.8 Å². The van der Waals surface area contributed by atoms with E-state index in [1.165, 1.54) is 17.4 Å². The molecule has 90 valence electrons. The normalized spacial score (nSPS) is 10.8. The van der Waals surface area contributed by atoms with Crippen molar-refractivity contribution in [3.63, 3.8) is 0 Å². The number of benzene rings is 1. The van der Waals surface area contributed by atoms with E-state index in [0.717, 1.165) is 30.0 Å². The molecule has 0 spiro atoms. The largest absolute Gasteiger partial charge is 0.241 e. The van der Waals surface area contributed by atoms with Crippen LogP contribution in [0.15, 0.2) is 23.6 Å². The number of rotatable bonds is 4. The molecule has 0 atom stereocenters. The van der Waals surface area contributed by atoms with Crippen LogP contribution < -0.4 is 0 Å².